The van der Waals surface area contributed by atoms with Gasteiger partial charge in [-0.2, -0.15) is 0 Å². The number of morpholine rings is 1. The largest absolute Gasteiger partial charge is 0.489 e. The van der Waals surface area contributed by atoms with E-state index in [-0.39, 0.29) is 12.0 Å². The number of amides is 1. The zero-order valence-corrected chi connectivity index (χ0v) is 13.3. The van der Waals surface area contributed by atoms with Gasteiger partial charge in [-0.3, -0.25) is 4.79 Å². The lowest BCUT2D eigenvalue weighted by Gasteiger charge is -2.24. The van der Waals surface area contributed by atoms with Crippen LogP contribution in [-0.4, -0.2) is 51.0 Å². The standard InChI is InChI=1S/C17H24N2O4/c20-17(16-11-18-8-10-22-16)19-14-6-1-2-7-15(14)23-12-13-5-3-4-9-21-13/h1-2,6-7,13,16,18H,3-5,8-12H2,(H,19,20). The van der Waals surface area contributed by atoms with E-state index in [1.54, 1.807) is 0 Å². The van der Waals surface area contributed by atoms with Gasteiger partial charge in [0.2, 0.25) is 0 Å². The van der Waals surface area contributed by atoms with Crippen LogP contribution in [0.2, 0.25) is 0 Å². The first kappa shape index (κ1) is 16.2. The highest BCUT2D eigenvalue weighted by Gasteiger charge is 2.23. The molecule has 2 unspecified atom stereocenters. The van der Waals surface area contributed by atoms with Gasteiger partial charge >= 0.3 is 0 Å². The van der Waals surface area contributed by atoms with E-state index < -0.39 is 6.10 Å². The Labute approximate surface area is 136 Å². The molecule has 0 aromatic heterocycles. The number of hydrogen-bond acceptors (Lipinski definition) is 5. The van der Waals surface area contributed by atoms with Crippen LogP contribution in [0.15, 0.2) is 24.3 Å². The Hall–Kier alpha value is -1.63. The molecular weight excluding hydrogens is 296 g/mol. The van der Waals surface area contributed by atoms with Gasteiger partial charge in [-0.1, -0.05) is 12.1 Å². The molecule has 0 saturated carbocycles. The molecule has 23 heavy (non-hydrogen) atoms. The molecule has 2 atom stereocenters. The summed E-state index contributed by atoms with van der Waals surface area (Å²) in [6.07, 6.45) is 3.00. The third-order valence-electron chi connectivity index (χ3n) is 4.06. The fourth-order valence-electron chi connectivity index (χ4n) is 2.76. The van der Waals surface area contributed by atoms with E-state index in [0.29, 0.717) is 31.2 Å². The average Bonchev–Trinajstić information content (AvgIpc) is 2.62. The van der Waals surface area contributed by atoms with Gasteiger partial charge < -0.3 is 24.8 Å². The number of anilines is 1. The molecule has 2 aliphatic heterocycles. The second kappa shape index (κ2) is 8.29. The van der Waals surface area contributed by atoms with Gasteiger partial charge in [0.1, 0.15) is 18.5 Å². The lowest BCUT2D eigenvalue weighted by atomic mass is 10.1. The first-order valence-electron chi connectivity index (χ1n) is 8.29. The maximum absolute atomic E-state index is 12.3. The highest BCUT2D eigenvalue weighted by atomic mass is 16.5. The first-order valence-corrected chi connectivity index (χ1v) is 8.29. The molecule has 2 N–H and O–H groups in total. The van der Waals surface area contributed by atoms with Crippen LogP contribution in [0.5, 0.6) is 5.75 Å². The average molecular weight is 320 g/mol. The van der Waals surface area contributed by atoms with E-state index in [1.807, 2.05) is 24.3 Å². The van der Waals surface area contributed by atoms with Crippen molar-refractivity contribution in [2.45, 2.75) is 31.5 Å². The van der Waals surface area contributed by atoms with Crippen LogP contribution in [0.3, 0.4) is 0 Å². The maximum Gasteiger partial charge on any atom is 0.254 e. The van der Waals surface area contributed by atoms with Gasteiger partial charge in [-0.05, 0) is 31.4 Å². The Bertz CT molecular complexity index is 511. The number of ether oxygens (including phenoxy) is 3. The molecule has 2 heterocycles. The quantitative estimate of drug-likeness (QED) is 0.862. The Morgan fingerprint density at radius 1 is 1.26 bits per heavy atom. The van der Waals surface area contributed by atoms with Crippen molar-refractivity contribution in [1.29, 1.82) is 0 Å². The van der Waals surface area contributed by atoms with Crippen LogP contribution in [0.25, 0.3) is 0 Å². The summed E-state index contributed by atoms with van der Waals surface area (Å²) in [5.74, 6) is 0.515. The van der Waals surface area contributed by atoms with E-state index in [0.717, 1.165) is 26.0 Å². The van der Waals surface area contributed by atoms with Crippen molar-refractivity contribution in [3.8, 4) is 5.75 Å². The molecule has 2 aliphatic rings. The molecule has 0 aliphatic carbocycles. The molecule has 0 spiro atoms. The Morgan fingerprint density at radius 3 is 2.96 bits per heavy atom. The summed E-state index contributed by atoms with van der Waals surface area (Å²) in [4.78, 5) is 12.3. The minimum atomic E-state index is -0.460. The molecule has 0 radical (unpaired) electrons. The number of carbonyl (C=O) groups is 1. The fourth-order valence-corrected chi connectivity index (χ4v) is 2.76. The number of nitrogens with one attached hydrogen (secondary N) is 2. The van der Waals surface area contributed by atoms with Crippen LogP contribution in [0, 0.1) is 0 Å². The summed E-state index contributed by atoms with van der Waals surface area (Å²) in [7, 11) is 0. The van der Waals surface area contributed by atoms with Crippen LogP contribution < -0.4 is 15.4 Å². The lowest BCUT2D eigenvalue weighted by Crippen LogP contribution is -2.45. The lowest BCUT2D eigenvalue weighted by molar-refractivity contribution is -0.128. The number of rotatable bonds is 5. The molecule has 6 heteroatoms. The number of hydrogen-bond donors (Lipinski definition) is 2. The van der Waals surface area contributed by atoms with Crippen LogP contribution in [0.1, 0.15) is 19.3 Å². The highest BCUT2D eigenvalue weighted by Crippen LogP contribution is 2.25. The third-order valence-corrected chi connectivity index (χ3v) is 4.06. The Kier molecular flexibility index (Phi) is 5.85. The van der Waals surface area contributed by atoms with Gasteiger partial charge in [0.05, 0.1) is 18.4 Å². The predicted octanol–water partition coefficient (Wildman–Crippen LogP) is 1.56. The molecule has 1 aromatic rings. The zero-order valence-electron chi connectivity index (χ0n) is 13.3. The minimum absolute atomic E-state index is 0.137. The molecule has 0 bridgehead atoms. The van der Waals surface area contributed by atoms with Crippen molar-refractivity contribution < 1.29 is 19.0 Å². The van der Waals surface area contributed by atoms with Crippen molar-refractivity contribution in [3.05, 3.63) is 24.3 Å². The summed E-state index contributed by atoms with van der Waals surface area (Å²) in [5, 5.41) is 6.05. The van der Waals surface area contributed by atoms with Crippen molar-refractivity contribution in [1.82, 2.24) is 5.32 Å². The molecule has 2 saturated heterocycles. The van der Waals surface area contributed by atoms with E-state index in [1.165, 1.54) is 6.42 Å². The van der Waals surface area contributed by atoms with Gasteiger partial charge in [0.15, 0.2) is 0 Å². The van der Waals surface area contributed by atoms with Gasteiger partial charge in [-0.15, -0.1) is 0 Å². The van der Waals surface area contributed by atoms with Gasteiger partial charge in [0, 0.05) is 19.7 Å². The van der Waals surface area contributed by atoms with E-state index in [4.69, 9.17) is 14.2 Å². The number of benzene rings is 1. The Balaban J connectivity index is 1.57. The minimum Gasteiger partial charge on any atom is -0.489 e. The molecule has 3 rings (SSSR count). The van der Waals surface area contributed by atoms with Crippen molar-refractivity contribution >= 4 is 11.6 Å². The van der Waals surface area contributed by atoms with Crippen LogP contribution in [-0.2, 0) is 14.3 Å². The van der Waals surface area contributed by atoms with E-state index in [2.05, 4.69) is 10.6 Å². The smallest absolute Gasteiger partial charge is 0.254 e. The zero-order chi connectivity index (χ0) is 15.9. The molecule has 1 amide bonds. The summed E-state index contributed by atoms with van der Waals surface area (Å²) >= 11 is 0. The molecule has 2 fully saturated rings. The third kappa shape index (κ3) is 4.67. The number of carbonyl (C=O) groups excluding carboxylic acids is 1. The summed E-state index contributed by atoms with van der Waals surface area (Å²) in [6.45, 7) is 3.18. The van der Waals surface area contributed by atoms with Crippen LogP contribution in [0.4, 0.5) is 5.69 Å². The first-order chi connectivity index (χ1) is 11.3. The van der Waals surface area contributed by atoms with E-state index in [9.17, 15) is 4.79 Å². The Morgan fingerprint density at radius 2 is 2.17 bits per heavy atom. The topological polar surface area (TPSA) is 68.8 Å². The predicted molar refractivity (Wildman–Crippen MR) is 86.8 cm³/mol. The monoisotopic (exact) mass is 320 g/mol. The van der Waals surface area contributed by atoms with Gasteiger partial charge in [0.25, 0.3) is 5.91 Å². The van der Waals surface area contributed by atoms with Crippen LogP contribution >= 0.6 is 0 Å². The van der Waals surface area contributed by atoms with Crippen molar-refractivity contribution in [3.63, 3.8) is 0 Å². The molecule has 1 aromatic carbocycles. The normalized spacial score (nSPS) is 24.9. The number of para-hydroxylation sites is 2. The maximum atomic E-state index is 12.3. The summed E-state index contributed by atoms with van der Waals surface area (Å²) in [5.41, 5.74) is 0.669. The second-order valence-electron chi connectivity index (χ2n) is 5.85. The summed E-state index contributed by atoms with van der Waals surface area (Å²) < 4.78 is 17.0. The molecule has 126 valence electrons. The van der Waals surface area contributed by atoms with E-state index >= 15 is 0 Å². The van der Waals surface area contributed by atoms with Crippen molar-refractivity contribution in [2.75, 3.05) is 38.2 Å². The fraction of sp³-hybridized carbons (Fsp3) is 0.588. The SMILES string of the molecule is O=C(Nc1ccccc1OCC1CCCCO1)C1CNCCO1. The van der Waals surface area contributed by atoms with Crippen molar-refractivity contribution in [2.24, 2.45) is 0 Å². The second-order valence-corrected chi connectivity index (χ2v) is 5.85. The van der Waals surface area contributed by atoms with Gasteiger partial charge in [-0.25, -0.2) is 0 Å². The highest BCUT2D eigenvalue weighted by molar-refractivity contribution is 5.95. The summed E-state index contributed by atoms with van der Waals surface area (Å²) in [6, 6.07) is 7.47. The molecular formula is C17H24N2O4. The molecule has 6 nitrogen and oxygen atoms in total.